The summed E-state index contributed by atoms with van der Waals surface area (Å²) in [7, 11) is 1.47. The van der Waals surface area contributed by atoms with E-state index in [0.717, 1.165) is 6.07 Å². The molecule has 116 valence electrons. The van der Waals surface area contributed by atoms with E-state index in [1.54, 1.807) is 4.90 Å². The van der Waals surface area contributed by atoms with E-state index in [4.69, 9.17) is 4.74 Å². The van der Waals surface area contributed by atoms with Crippen LogP contribution in [-0.4, -0.2) is 48.7 Å². The van der Waals surface area contributed by atoms with Crippen molar-refractivity contribution in [2.24, 2.45) is 0 Å². The summed E-state index contributed by atoms with van der Waals surface area (Å²) in [5.74, 6) is -0.142. The minimum Gasteiger partial charge on any atom is -0.365 e. The van der Waals surface area contributed by atoms with Crippen LogP contribution in [0.3, 0.4) is 0 Å². The highest BCUT2D eigenvalue weighted by molar-refractivity contribution is 5.81. The zero-order chi connectivity index (χ0) is 15.6. The summed E-state index contributed by atoms with van der Waals surface area (Å²) >= 11 is 0. The number of carbonyl (C=O) groups excluding carboxylic acids is 1. The highest BCUT2D eigenvalue weighted by Crippen LogP contribution is 2.30. The van der Waals surface area contributed by atoms with Gasteiger partial charge in [-0.25, -0.2) is 9.97 Å². The van der Waals surface area contributed by atoms with Gasteiger partial charge in [-0.1, -0.05) is 0 Å². The third-order valence-corrected chi connectivity index (χ3v) is 3.04. The minimum absolute atomic E-state index is 0.0304. The Labute approximate surface area is 119 Å². The van der Waals surface area contributed by atoms with E-state index in [0.29, 0.717) is 6.54 Å². The summed E-state index contributed by atoms with van der Waals surface area (Å²) in [6, 6.07) is 0.888. The molecule has 1 atom stereocenters. The van der Waals surface area contributed by atoms with Crippen LogP contribution in [0.2, 0.25) is 0 Å². The second-order valence-electron chi connectivity index (χ2n) is 4.58. The monoisotopic (exact) mass is 304 g/mol. The van der Waals surface area contributed by atoms with E-state index < -0.39 is 18.0 Å². The van der Waals surface area contributed by atoms with Crippen LogP contribution in [0.25, 0.3) is 0 Å². The van der Waals surface area contributed by atoms with Gasteiger partial charge < -0.3 is 15.0 Å². The Bertz CT molecular complexity index is 536. The number of halogens is 3. The van der Waals surface area contributed by atoms with E-state index in [1.165, 1.54) is 14.0 Å². The van der Waals surface area contributed by atoms with Gasteiger partial charge in [-0.15, -0.1) is 0 Å². The average Bonchev–Trinajstić information content (AvgIpc) is 2.45. The van der Waals surface area contributed by atoms with E-state index >= 15 is 0 Å². The molecule has 2 heterocycles. The predicted octanol–water partition coefficient (Wildman–Crippen LogP) is 0.755. The molecule has 1 N–H and O–H groups in total. The van der Waals surface area contributed by atoms with Gasteiger partial charge in [-0.2, -0.15) is 13.2 Å². The Hall–Kier alpha value is -1.90. The number of amides is 1. The van der Waals surface area contributed by atoms with Gasteiger partial charge in [0.2, 0.25) is 0 Å². The molecule has 1 aliphatic rings. The van der Waals surface area contributed by atoms with Crippen molar-refractivity contribution in [1.82, 2.24) is 15.3 Å². The maximum atomic E-state index is 12.8. The first-order chi connectivity index (χ1) is 9.81. The van der Waals surface area contributed by atoms with Gasteiger partial charge in [0.05, 0.1) is 13.2 Å². The number of anilines is 1. The number of aromatic nitrogens is 2. The van der Waals surface area contributed by atoms with Gasteiger partial charge in [-0.3, -0.25) is 4.79 Å². The summed E-state index contributed by atoms with van der Waals surface area (Å²) in [4.78, 5) is 20.6. The number of aryl methyl sites for hydroxylation is 1. The van der Waals surface area contributed by atoms with Crippen molar-refractivity contribution in [2.45, 2.75) is 19.2 Å². The fourth-order valence-corrected chi connectivity index (χ4v) is 2.04. The van der Waals surface area contributed by atoms with Crippen molar-refractivity contribution >= 4 is 11.7 Å². The molecular weight excluding hydrogens is 289 g/mol. The Morgan fingerprint density at radius 1 is 1.48 bits per heavy atom. The minimum atomic E-state index is -4.53. The molecule has 1 fully saturated rings. The predicted molar refractivity (Wildman–Crippen MR) is 67.8 cm³/mol. The highest BCUT2D eigenvalue weighted by atomic mass is 19.4. The molecule has 0 aromatic carbocycles. The SMILES string of the molecule is CNC(=O)C1CN(c2cc(C(F)(F)F)nc(C)n2)CCO1. The first-order valence-electron chi connectivity index (χ1n) is 6.32. The highest BCUT2D eigenvalue weighted by Gasteiger charge is 2.34. The number of ether oxygens (including phenoxy) is 1. The molecule has 1 unspecified atom stereocenters. The topological polar surface area (TPSA) is 67.4 Å². The van der Waals surface area contributed by atoms with Crippen molar-refractivity contribution in [3.63, 3.8) is 0 Å². The lowest BCUT2D eigenvalue weighted by Gasteiger charge is -2.33. The lowest BCUT2D eigenvalue weighted by Crippen LogP contribution is -2.49. The fraction of sp³-hybridized carbons (Fsp3) is 0.583. The second-order valence-corrected chi connectivity index (χ2v) is 4.58. The van der Waals surface area contributed by atoms with Crippen LogP contribution in [-0.2, 0) is 15.7 Å². The molecule has 1 amide bonds. The van der Waals surface area contributed by atoms with Gasteiger partial charge >= 0.3 is 6.18 Å². The lowest BCUT2D eigenvalue weighted by atomic mass is 10.2. The molecule has 0 radical (unpaired) electrons. The average molecular weight is 304 g/mol. The number of hydrogen-bond acceptors (Lipinski definition) is 5. The van der Waals surface area contributed by atoms with Gasteiger partial charge in [0, 0.05) is 19.7 Å². The van der Waals surface area contributed by atoms with E-state index in [9.17, 15) is 18.0 Å². The van der Waals surface area contributed by atoms with Gasteiger partial charge in [-0.05, 0) is 6.92 Å². The van der Waals surface area contributed by atoms with Gasteiger partial charge in [0.15, 0.2) is 6.10 Å². The molecule has 9 heteroatoms. The first-order valence-corrected chi connectivity index (χ1v) is 6.32. The second kappa shape index (κ2) is 5.84. The van der Waals surface area contributed by atoms with Crippen LogP contribution in [0, 0.1) is 6.92 Å². The van der Waals surface area contributed by atoms with Crippen molar-refractivity contribution < 1.29 is 22.7 Å². The van der Waals surface area contributed by atoms with Crippen LogP contribution in [0.1, 0.15) is 11.5 Å². The van der Waals surface area contributed by atoms with Crippen LogP contribution < -0.4 is 10.2 Å². The van der Waals surface area contributed by atoms with Crippen LogP contribution in [0.15, 0.2) is 6.07 Å². The molecule has 21 heavy (non-hydrogen) atoms. The Balaban J connectivity index is 2.25. The summed E-state index contributed by atoms with van der Waals surface area (Å²) in [6.45, 7) is 2.15. The Morgan fingerprint density at radius 3 is 2.81 bits per heavy atom. The van der Waals surface area contributed by atoms with E-state index in [2.05, 4.69) is 15.3 Å². The number of nitrogens with zero attached hydrogens (tertiary/aromatic N) is 3. The normalized spacial score (nSPS) is 19.5. The largest absolute Gasteiger partial charge is 0.433 e. The van der Waals surface area contributed by atoms with Crippen molar-refractivity contribution in [1.29, 1.82) is 0 Å². The summed E-state index contributed by atoms with van der Waals surface area (Å²) in [6.07, 6.45) is -5.26. The van der Waals surface area contributed by atoms with E-state index in [-0.39, 0.29) is 30.7 Å². The molecular formula is C12H15F3N4O2. The number of alkyl halides is 3. The van der Waals surface area contributed by atoms with Crippen molar-refractivity contribution in [3.05, 3.63) is 17.6 Å². The number of hydrogen-bond donors (Lipinski definition) is 1. The number of morpholine rings is 1. The standard InChI is InChI=1S/C12H15F3N4O2/c1-7-17-9(12(13,14)15)5-10(18-7)19-3-4-21-8(6-19)11(20)16-2/h5,8H,3-4,6H2,1-2H3,(H,16,20). The molecule has 1 saturated heterocycles. The van der Waals surface area contributed by atoms with Crippen molar-refractivity contribution in [3.8, 4) is 0 Å². The quantitative estimate of drug-likeness (QED) is 0.873. The molecule has 2 rings (SSSR count). The number of rotatable bonds is 2. The fourth-order valence-electron chi connectivity index (χ4n) is 2.04. The molecule has 0 aliphatic carbocycles. The Morgan fingerprint density at radius 2 is 2.19 bits per heavy atom. The Kier molecular flexibility index (Phi) is 4.31. The zero-order valence-electron chi connectivity index (χ0n) is 11.6. The summed E-state index contributed by atoms with van der Waals surface area (Å²) in [5.41, 5.74) is -0.993. The zero-order valence-corrected chi connectivity index (χ0v) is 11.6. The van der Waals surface area contributed by atoms with Gasteiger partial charge in [0.1, 0.15) is 17.3 Å². The van der Waals surface area contributed by atoms with E-state index in [1.807, 2.05) is 0 Å². The van der Waals surface area contributed by atoms with Crippen molar-refractivity contribution in [2.75, 3.05) is 31.6 Å². The van der Waals surface area contributed by atoms with Gasteiger partial charge in [0.25, 0.3) is 5.91 Å². The number of likely N-dealkylation sites (N-methyl/N-ethyl adjacent to an activating group) is 1. The molecule has 1 aliphatic heterocycles. The first kappa shape index (κ1) is 15.5. The maximum Gasteiger partial charge on any atom is 0.433 e. The molecule has 1 aromatic heterocycles. The summed E-state index contributed by atoms with van der Waals surface area (Å²) < 4.78 is 43.6. The third-order valence-electron chi connectivity index (χ3n) is 3.04. The number of carbonyl (C=O) groups is 1. The molecule has 0 saturated carbocycles. The molecule has 0 spiro atoms. The maximum absolute atomic E-state index is 12.8. The van der Waals surface area contributed by atoms with Crippen LogP contribution >= 0.6 is 0 Å². The lowest BCUT2D eigenvalue weighted by molar-refractivity contribution is -0.141. The molecule has 1 aromatic rings. The van der Waals surface area contributed by atoms with Crippen LogP contribution in [0.4, 0.5) is 19.0 Å². The third kappa shape index (κ3) is 3.60. The summed E-state index contributed by atoms with van der Waals surface area (Å²) in [5, 5.41) is 2.45. The molecule has 0 bridgehead atoms. The number of nitrogens with one attached hydrogen (secondary N) is 1. The smallest absolute Gasteiger partial charge is 0.365 e. The molecule has 6 nitrogen and oxygen atoms in total. The van der Waals surface area contributed by atoms with Crippen LogP contribution in [0.5, 0.6) is 0 Å².